The van der Waals surface area contributed by atoms with E-state index in [0.717, 1.165) is 29.6 Å². The van der Waals surface area contributed by atoms with E-state index in [1.807, 2.05) is 11.6 Å². The van der Waals surface area contributed by atoms with Gasteiger partial charge in [-0.05, 0) is 42.9 Å². The number of benzene rings is 1. The van der Waals surface area contributed by atoms with E-state index < -0.39 is 0 Å². The van der Waals surface area contributed by atoms with Gasteiger partial charge in [0.1, 0.15) is 5.82 Å². The van der Waals surface area contributed by atoms with Gasteiger partial charge >= 0.3 is 6.03 Å². The van der Waals surface area contributed by atoms with Crippen LogP contribution in [-0.4, -0.2) is 38.0 Å². The molecule has 24 heavy (non-hydrogen) atoms. The molecule has 0 unspecified atom stereocenters. The first-order chi connectivity index (χ1) is 11.6. The highest BCUT2D eigenvalue weighted by atomic mass is 32.2. The van der Waals surface area contributed by atoms with Crippen LogP contribution in [0.3, 0.4) is 0 Å². The van der Waals surface area contributed by atoms with Crippen molar-refractivity contribution >= 4 is 23.5 Å². The van der Waals surface area contributed by atoms with Crippen molar-refractivity contribution in [3.8, 4) is 0 Å². The molecule has 0 aliphatic carbocycles. The summed E-state index contributed by atoms with van der Waals surface area (Å²) in [5.74, 6) is 1.40. The number of aromatic nitrogens is 3. The van der Waals surface area contributed by atoms with Gasteiger partial charge < -0.3 is 14.8 Å². The highest BCUT2D eigenvalue weighted by Crippen LogP contribution is 2.32. The number of carbonyl (C=O) groups excluding carboxylic acids is 1. The molecule has 0 saturated carbocycles. The number of carbonyl (C=O) groups is 1. The van der Waals surface area contributed by atoms with E-state index in [2.05, 4.69) is 22.4 Å². The summed E-state index contributed by atoms with van der Waals surface area (Å²) in [5, 5.41) is 12.2. The Kier molecular flexibility index (Phi) is 5.03. The molecule has 2 aromatic rings. The van der Waals surface area contributed by atoms with Crippen LogP contribution in [0.1, 0.15) is 31.6 Å². The summed E-state index contributed by atoms with van der Waals surface area (Å²) in [6, 6.07) is 5.47. The van der Waals surface area contributed by atoms with Gasteiger partial charge in [0.2, 0.25) is 0 Å². The van der Waals surface area contributed by atoms with Crippen LogP contribution in [0.2, 0.25) is 0 Å². The van der Waals surface area contributed by atoms with E-state index in [0.29, 0.717) is 12.2 Å². The molecule has 2 amide bonds. The number of hydrogen-bond donors (Lipinski definition) is 1. The number of nitrogens with one attached hydrogen (secondary N) is 1. The van der Waals surface area contributed by atoms with Gasteiger partial charge in [0.15, 0.2) is 11.0 Å². The van der Waals surface area contributed by atoms with Crippen molar-refractivity contribution in [2.45, 2.75) is 31.0 Å². The van der Waals surface area contributed by atoms with Crippen molar-refractivity contribution in [1.82, 2.24) is 19.7 Å². The number of urea groups is 1. The van der Waals surface area contributed by atoms with Gasteiger partial charge in [-0.25, -0.2) is 9.18 Å². The number of hydrogen-bond acceptors (Lipinski definition) is 4. The van der Waals surface area contributed by atoms with Crippen molar-refractivity contribution in [2.75, 3.05) is 17.6 Å². The van der Waals surface area contributed by atoms with E-state index in [-0.39, 0.29) is 17.9 Å². The average Bonchev–Trinajstić information content (AvgIpc) is 3.17. The molecule has 1 aromatic carbocycles. The zero-order chi connectivity index (χ0) is 17.1. The molecule has 0 radical (unpaired) electrons. The molecule has 8 heteroatoms. The Hall–Kier alpha value is -2.09. The molecule has 0 bridgehead atoms. The SMILES string of the molecule is CCSc1nnc([C@H]2CCCN2C(=O)Nc2ccc(F)cc2)n1C. The number of likely N-dealkylation sites (tertiary alicyclic amines) is 1. The fraction of sp³-hybridized carbons (Fsp3) is 0.438. The molecule has 128 valence electrons. The Morgan fingerprint density at radius 2 is 2.12 bits per heavy atom. The van der Waals surface area contributed by atoms with Crippen molar-refractivity contribution in [3.05, 3.63) is 35.9 Å². The molecule has 2 heterocycles. The third-order valence-electron chi connectivity index (χ3n) is 4.05. The van der Waals surface area contributed by atoms with Gasteiger partial charge in [0.05, 0.1) is 6.04 Å². The average molecular weight is 349 g/mol. The summed E-state index contributed by atoms with van der Waals surface area (Å²) in [5.41, 5.74) is 0.576. The van der Waals surface area contributed by atoms with Crippen molar-refractivity contribution < 1.29 is 9.18 Å². The minimum atomic E-state index is -0.327. The zero-order valence-corrected chi connectivity index (χ0v) is 14.5. The molecule has 0 spiro atoms. The normalized spacial score (nSPS) is 17.3. The van der Waals surface area contributed by atoms with E-state index in [1.54, 1.807) is 28.8 Å². The molecule has 1 aliphatic rings. The largest absolute Gasteiger partial charge is 0.322 e. The molecule has 1 N–H and O–H groups in total. The third-order valence-corrected chi connectivity index (χ3v) is 4.95. The molecule has 1 atom stereocenters. The first-order valence-corrected chi connectivity index (χ1v) is 8.94. The minimum Gasteiger partial charge on any atom is -0.314 e. The van der Waals surface area contributed by atoms with Gasteiger partial charge in [0.25, 0.3) is 0 Å². The molecular formula is C16H20FN5OS. The van der Waals surface area contributed by atoms with Crippen LogP contribution in [0.15, 0.2) is 29.4 Å². The highest BCUT2D eigenvalue weighted by molar-refractivity contribution is 7.99. The lowest BCUT2D eigenvalue weighted by atomic mass is 10.2. The molecule has 1 aromatic heterocycles. The summed E-state index contributed by atoms with van der Waals surface area (Å²) in [6.45, 7) is 2.73. The smallest absolute Gasteiger partial charge is 0.314 e. The number of rotatable bonds is 4. The van der Waals surface area contributed by atoms with Crippen LogP contribution >= 0.6 is 11.8 Å². The lowest BCUT2D eigenvalue weighted by Crippen LogP contribution is -2.35. The maximum absolute atomic E-state index is 13.0. The second-order valence-corrected chi connectivity index (χ2v) is 6.85. The molecule has 3 rings (SSSR count). The Labute approximate surface area is 144 Å². The molecule has 1 fully saturated rings. The fourth-order valence-corrected chi connectivity index (χ4v) is 3.52. The number of halogens is 1. The predicted octanol–water partition coefficient (Wildman–Crippen LogP) is 3.44. The minimum absolute atomic E-state index is 0.0887. The Bertz CT molecular complexity index is 718. The quantitative estimate of drug-likeness (QED) is 0.859. The molecule has 1 saturated heterocycles. The zero-order valence-electron chi connectivity index (χ0n) is 13.7. The van der Waals surface area contributed by atoms with E-state index in [4.69, 9.17) is 0 Å². The highest BCUT2D eigenvalue weighted by Gasteiger charge is 2.33. The Morgan fingerprint density at radius 1 is 1.38 bits per heavy atom. The van der Waals surface area contributed by atoms with Gasteiger partial charge in [-0.3, -0.25) is 0 Å². The van der Waals surface area contributed by atoms with Gasteiger partial charge in [0, 0.05) is 19.3 Å². The maximum atomic E-state index is 13.0. The van der Waals surface area contributed by atoms with E-state index in [9.17, 15) is 9.18 Å². The monoisotopic (exact) mass is 349 g/mol. The first kappa shape index (κ1) is 16.8. The number of nitrogens with zero attached hydrogens (tertiary/aromatic N) is 4. The van der Waals surface area contributed by atoms with Crippen LogP contribution in [-0.2, 0) is 7.05 Å². The predicted molar refractivity (Wildman–Crippen MR) is 91.5 cm³/mol. The van der Waals surface area contributed by atoms with Crippen molar-refractivity contribution in [2.24, 2.45) is 7.05 Å². The number of anilines is 1. The van der Waals surface area contributed by atoms with Crippen molar-refractivity contribution in [1.29, 1.82) is 0 Å². The molecular weight excluding hydrogens is 329 g/mol. The molecule has 1 aliphatic heterocycles. The third kappa shape index (κ3) is 3.38. The summed E-state index contributed by atoms with van der Waals surface area (Å²) in [4.78, 5) is 14.4. The summed E-state index contributed by atoms with van der Waals surface area (Å²) in [7, 11) is 1.93. The standard InChI is InChI=1S/C16H20FN5OS/c1-3-24-16-20-19-14(21(16)2)13-5-4-10-22(13)15(23)18-12-8-6-11(17)7-9-12/h6-9,13H,3-5,10H2,1-2H3,(H,18,23)/t13-/m1/s1. The lowest BCUT2D eigenvalue weighted by molar-refractivity contribution is 0.204. The summed E-state index contributed by atoms with van der Waals surface area (Å²) < 4.78 is 14.9. The van der Waals surface area contributed by atoms with Crippen LogP contribution < -0.4 is 5.32 Å². The van der Waals surface area contributed by atoms with Crippen molar-refractivity contribution in [3.63, 3.8) is 0 Å². The Morgan fingerprint density at radius 3 is 2.83 bits per heavy atom. The second kappa shape index (κ2) is 7.21. The molecule has 6 nitrogen and oxygen atoms in total. The number of thioether (sulfide) groups is 1. The van der Waals surface area contributed by atoms with Gasteiger partial charge in [-0.2, -0.15) is 0 Å². The maximum Gasteiger partial charge on any atom is 0.322 e. The number of amides is 2. The second-order valence-electron chi connectivity index (χ2n) is 5.62. The van der Waals surface area contributed by atoms with E-state index in [1.165, 1.54) is 12.1 Å². The van der Waals surface area contributed by atoms with Crippen LogP contribution in [0.25, 0.3) is 0 Å². The summed E-state index contributed by atoms with van der Waals surface area (Å²) in [6.07, 6.45) is 1.78. The van der Waals surface area contributed by atoms with Gasteiger partial charge in [-0.15, -0.1) is 10.2 Å². The van der Waals surface area contributed by atoms with Gasteiger partial charge in [-0.1, -0.05) is 18.7 Å². The lowest BCUT2D eigenvalue weighted by Gasteiger charge is -2.24. The topological polar surface area (TPSA) is 63.1 Å². The fourth-order valence-electron chi connectivity index (χ4n) is 2.88. The van der Waals surface area contributed by atoms with Crippen LogP contribution in [0.4, 0.5) is 14.9 Å². The summed E-state index contributed by atoms with van der Waals surface area (Å²) >= 11 is 1.63. The van der Waals surface area contributed by atoms with Crippen LogP contribution in [0.5, 0.6) is 0 Å². The Balaban J connectivity index is 1.75. The van der Waals surface area contributed by atoms with Crippen LogP contribution in [0, 0.1) is 5.82 Å². The first-order valence-electron chi connectivity index (χ1n) is 7.95. The van der Waals surface area contributed by atoms with E-state index >= 15 is 0 Å².